The Hall–Kier alpha value is -1.95. The second-order valence-corrected chi connectivity index (χ2v) is 11.0. The van der Waals surface area contributed by atoms with Crippen molar-refractivity contribution in [3.05, 3.63) is 51.8 Å². The molecule has 2 aliphatic heterocycles. The minimum absolute atomic E-state index is 0.0933. The lowest BCUT2D eigenvalue weighted by Gasteiger charge is -2.26. The molecule has 33 heavy (non-hydrogen) atoms. The molecular formula is C22H24ClN3O5S2. The Morgan fingerprint density at radius 3 is 2.76 bits per heavy atom. The van der Waals surface area contributed by atoms with Crippen molar-refractivity contribution in [3.63, 3.8) is 0 Å². The SMILES string of the molecule is O=S(=O)(c1ccc(Cl)c(N=c2scc(-c3ccco3)n2C[C@H]2CCCO2)c1)N1CCOCC1. The van der Waals surface area contributed by atoms with Gasteiger partial charge in [-0.15, -0.1) is 11.3 Å². The third kappa shape index (κ3) is 4.82. The average Bonchev–Trinajstić information content (AvgIpc) is 3.59. The molecule has 0 N–H and O–H groups in total. The van der Waals surface area contributed by atoms with Gasteiger partial charge in [0.25, 0.3) is 0 Å². The van der Waals surface area contributed by atoms with Crippen LogP contribution < -0.4 is 4.80 Å². The Kier molecular flexibility index (Phi) is 6.73. The van der Waals surface area contributed by atoms with Crippen LogP contribution in [0.1, 0.15) is 12.8 Å². The molecule has 0 bridgehead atoms. The molecule has 8 nitrogen and oxygen atoms in total. The van der Waals surface area contributed by atoms with Gasteiger partial charge >= 0.3 is 0 Å². The largest absolute Gasteiger partial charge is 0.463 e. The van der Waals surface area contributed by atoms with E-state index in [1.807, 2.05) is 17.5 Å². The summed E-state index contributed by atoms with van der Waals surface area (Å²) in [7, 11) is -3.66. The van der Waals surface area contributed by atoms with Gasteiger partial charge in [0.15, 0.2) is 10.6 Å². The van der Waals surface area contributed by atoms with Crippen molar-refractivity contribution in [2.75, 3.05) is 32.9 Å². The van der Waals surface area contributed by atoms with Gasteiger partial charge in [0.05, 0.1) is 53.4 Å². The van der Waals surface area contributed by atoms with E-state index in [9.17, 15) is 8.42 Å². The first kappa shape index (κ1) is 22.8. The van der Waals surface area contributed by atoms with Crippen LogP contribution in [0.4, 0.5) is 5.69 Å². The monoisotopic (exact) mass is 509 g/mol. The lowest BCUT2D eigenvalue weighted by Crippen LogP contribution is -2.40. The molecule has 0 saturated carbocycles. The fraction of sp³-hybridized carbons (Fsp3) is 0.409. The van der Waals surface area contributed by atoms with Gasteiger partial charge in [-0.2, -0.15) is 4.31 Å². The van der Waals surface area contributed by atoms with Crippen molar-refractivity contribution < 1.29 is 22.3 Å². The van der Waals surface area contributed by atoms with E-state index in [2.05, 4.69) is 4.57 Å². The van der Waals surface area contributed by atoms with E-state index < -0.39 is 10.0 Å². The van der Waals surface area contributed by atoms with Gasteiger partial charge in [0, 0.05) is 25.1 Å². The summed E-state index contributed by atoms with van der Waals surface area (Å²) in [6.07, 6.45) is 3.74. The topological polar surface area (TPSA) is 86.3 Å². The van der Waals surface area contributed by atoms with Crippen LogP contribution in [0.15, 0.2) is 56.3 Å². The van der Waals surface area contributed by atoms with Gasteiger partial charge in [-0.05, 0) is 43.2 Å². The van der Waals surface area contributed by atoms with Gasteiger partial charge in [0.1, 0.15) is 0 Å². The van der Waals surface area contributed by atoms with Crippen LogP contribution in [-0.2, 0) is 26.0 Å². The highest BCUT2D eigenvalue weighted by molar-refractivity contribution is 7.89. The van der Waals surface area contributed by atoms with Crippen molar-refractivity contribution in [1.29, 1.82) is 0 Å². The van der Waals surface area contributed by atoms with Crippen molar-refractivity contribution >= 4 is 38.6 Å². The van der Waals surface area contributed by atoms with E-state index in [0.717, 1.165) is 30.9 Å². The molecule has 11 heteroatoms. The molecule has 2 aliphatic rings. The number of halogens is 1. The van der Waals surface area contributed by atoms with Crippen molar-refractivity contribution in [2.45, 2.75) is 30.4 Å². The Morgan fingerprint density at radius 1 is 1.18 bits per heavy atom. The van der Waals surface area contributed by atoms with Gasteiger partial charge in [-0.3, -0.25) is 0 Å². The van der Waals surface area contributed by atoms with Crippen LogP contribution in [0.5, 0.6) is 0 Å². The number of furan rings is 1. The average molecular weight is 510 g/mol. The standard InChI is InChI=1S/C22H24ClN3O5S2/c23-18-6-5-17(33(27,28)25-7-11-29-12-8-25)13-19(18)24-22-26(14-16-3-1-9-30-16)20(15-32-22)21-4-2-10-31-21/h2,4-6,10,13,15-16H,1,3,7-9,11-12,14H2/t16-/m1/s1. The van der Waals surface area contributed by atoms with Crippen LogP contribution in [0.25, 0.3) is 11.5 Å². The Labute approximate surface area is 201 Å². The molecule has 4 heterocycles. The molecule has 3 aromatic rings. The fourth-order valence-electron chi connectivity index (χ4n) is 3.99. The molecule has 1 atom stereocenters. The molecule has 0 radical (unpaired) electrons. The first-order chi connectivity index (χ1) is 16.0. The van der Waals surface area contributed by atoms with E-state index in [-0.39, 0.29) is 11.0 Å². The van der Waals surface area contributed by atoms with Gasteiger partial charge in [0.2, 0.25) is 10.0 Å². The van der Waals surface area contributed by atoms with Crippen LogP contribution in [-0.4, -0.2) is 56.3 Å². The van der Waals surface area contributed by atoms with Crippen LogP contribution >= 0.6 is 22.9 Å². The number of hydrogen-bond acceptors (Lipinski definition) is 7. The highest BCUT2D eigenvalue weighted by Crippen LogP contribution is 2.30. The smallest absolute Gasteiger partial charge is 0.243 e. The van der Waals surface area contributed by atoms with Crippen molar-refractivity contribution in [3.8, 4) is 11.5 Å². The minimum atomic E-state index is -3.66. The maximum absolute atomic E-state index is 13.1. The molecule has 5 rings (SSSR count). The van der Waals surface area contributed by atoms with Crippen molar-refractivity contribution in [2.24, 2.45) is 4.99 Å². The van der Waals surface area contributed by atoms with Gasteiger partial charge in [-0.1, -0.05) is 11.6 Å². The number of benzene rings is 1. The number of ether oxygens (including phenoxy) is 2. The zero-order valence-corrected chi connectivity index (χ0v) is 20.2. The van der Waals surface area contributed by atoms with Gasteiger partial charge < -0.3 is 18.5 Å². The number of hydrogen-bond donors (Lipinski definition) is 0. The Bertz CT molecular complexity index is 1270. The maximum atomic E-state index is 13.1. The summed E-state index contributed by atoms with van der Waals surface area (Å²) in [6.45, 7) is 2.82. The van der Waals surface area contributed by atoms with E-state index in [1.165, 1.54) is 27.8 Å². The predicted octanol–water partition coefficient (Wildman–Crippen LogP) is 3.90. The first-order valence-corrected chi connectivity index (χ1v) is 13.5. The van der Waals surface area contributed by atoms with Crippen LogP contribution in [0.2, 0.25) is 5.02 Å². The first-order valence-electron chi connectivity index (χ1n) is 10.8. The zero-order chi connectivity index (χ0) is 22.8. The summed E-state index contributed by atoms with van der Waals surface area (Å²) < 4.78 is 46.5. The van der Waals surface area contributed by atoms with Crippen LogP contribution in [0, 0.1) is 0 Å². The molecule has 0 amide bonds. The van der Waals surface area contributed by atoms with E-state index in [4.69, 9.17) is 30.5 Å². The normalized spacial score (nSPS) is 20.5. The second kappa shape index (κ2) is 9.73. The highest BCUT2D eigenvalue weighted by atomic mass is 35.5. The minimum Gasteiger partial charge on any atom is -0.463 e. The molecule has 0 unspecified atom stereocenters. The highest BCUT2D eigenvalue weighted by Gasteiger charge is 2.27. The summed E-state index contributed by atoms with van der Waals surface area (Å²) in [5, 5.41) is 2.36. The molecule has 0 spiro atoms. The number of sulfonamides is 1. The molecule has 2 fully saturated rings. The summed E-state index contributed by atoms with van der Waals surface area (Å²) in [5.74, 6) is 0.737. The lowest BCUT2D eigenvalue weighted by molar-refractivity contribution is 0.0730. The summed E-state index contributed by atoms with van der Waals surface area (Å²) >= 11 is 7.89. The lowest BCUT2D eigenvalue weighted by atomic mass is 10.2. The van der Waals surface area contributed by atoms with E-state index in [1.54, 1.807) is 12.3 Å². The van der Waals surface area contributed by atoms with Crippen molar-refractivity contribution in [1.82, 2.24) is 8.87 Å². The third-order valence-electron chi connectivity index (χ3n) is 5.72. The van der Waals surface area contributed by atoms with E-state index >= 15 is 0 Å². The summed E-state index contributed by atoms with van der Waals surface area (Å²) in [4.78, 5) is 5.64. The predicted molar refractivity (Wildman–Crippen MR) is 125 cm³/mol. The molecule has 0 aliphatic carbocycles. The molecular weight excluding hydrogens is 486 g/mol. The number of nitrogens with zero attached hydrogens (tertiary/aromatic N) is 3. The number of aromatic nitrogens is 1. The summed E-state index contributed by atoms with van der Waals surface area (Å²) in [5.41, 5.74) is 1.30. The Morgan fingerprint density at radius 2 is 2.03 bits per heavy atom. The maximum Gasteiger partial charge on any atom is 0.243 e. The second-order valence-electron chi connectivity index (χ2n) is 7.87. The van der Waals surface area contributed by atoms with E-state index in [0.29, 0.717) is 48.4 Å². The molecule has 176 valence electrons. The summed E-state index contributed by atoms with van der Waals surface area (Å²) in [6, 6.07) is 8.39. The quantitative estimate of drug-likeness (QED) is 0.503. The molecule has 2 aromatic heterocycles. The number of thiazole rings is 1. The zero-order valence-electron chi connectivity index (χ0n) is 17.9. The number of morpholine rings is 1. The third-order valence-corrected chi connectivity index (χ3v) is 8.80. The Balaban J connectivity index is 1.55. The fourth-order valence-corrected chi connectivity index (χ4v) is 6.49. The van der Waals surface area contributed by atoms with Gasteiger partial charge in [-0.25, -0.2) is 13.4 Å². The van der Waals surface area contributed by atoms with Crippen LogP contribution in [0.3, 0.4) is 0 Å². The molecule has 1 aromatic carbocycles. The number of rotatable bonds is 6. The molecule has 2 saturated heterocycles.